The van der Waals surface area contributed by atoms with E-state index in [-0.39, 0.29) is 0 Å². The molecule has 0 amide bonds. The number of hydrogen-bond donors (Lipinski definition) is 1. The lowest BCUT2D eigenvalue weighted by Gasteiger charge is -2.18. The molecular formula is C16H19NO2S. The molecular weight excluding hydrogens is 270 g/mol. The molecule has 2 aromatic rings. The highest BCUT2D eigenvalue weighted by Gasteiger charge is 2.18. The van der Waals surface area contributed by atoms with Gasteiger partial charge in [0.15, 0.2) is 11.5 Å². The van der Waals surface area contributed by atoms with Crippen molar-refractivity contribution in [3.8, 4) is 11.5 Å². The second kappa shape index (κ2) is 6.29. The van der Waals surface area contributed by atoms with Crippen LogP contribution in [0.5, 0.6) is 11.5 Å². The Labute approximate surface area is 123 Å². The van der Waals surface area contributed by atoms with Gasteiger partial charge in [-0.05, 0) is 42.1 Å². The Morgan fingerprint density at radius 1 is 1.25 bits per heavy atom. The SMILES string of the molecule is CCCNC(Cc1cccs1)c1ccc2c(c1)OCO2. The zero-order valence-electron chi connectivity index (χ0n) is 11.6. The highest BCUT2D eigenvalue weighted by molar-refractivity contribution is 7.09. The van der Waals surface area contributed by atoms with Gasteiger partial charge < -0.3 is 14.8 Å². The van der Waals surface area contributed by atoms with Crippen molar-refractivity contribution in [2.24, 2.45) is 0 Å². The Morgan fingerprint density at radius 3 is 2.95 bits per heavy atom. The number of ether oxygens (including phenoxy) is 2. The molecule has 1 atom stereocenters. The summed E-state index contributed by atoms with van der Waals surface area (Å²) in [6.07, 6.45) is 2.14. The van der Waals surface area contributed by atoms with Crippen LogP contribution in [0.25, 0.3) is 0 Å². The summed E-state index contributed by atoms with van der Waals surface area (Å²) in [6.45, 7) is 3.54. The quantitative estimate of drug-likeness (QED) is 0.878. The predicted octanol–water partition coefficient (Wildman–Crippen LogP) is 3.76. The van der Waals surface area contributed by atoms with Gasteiger partial charge in [-0.15, -0.1) is 11.3 Å². The summed E-state index contributed by atoms with van der Waals surface area (Å²) >= 11 is 1.81. The van der Waals surface area contributed by atoms with Crippen LogP contribution >= 0.6 is 11.3 Å². The lowest BCUT2D eigenvalue weighted by atomic mass is 10.0. The third-order valence-electron chi connectivity index (χ3n) is 3.43. The van der Waals surface area contributed by atoms with E-state index in [2.05, 4.69) is 41.9 Å². The van der Waals surface area contributed by atoms with E-state index < -0.39 is 0 Å². The van der Waals surface area contributed by atoms with E-state index in [0.29, 0.717) is 12.8 Å². The molecule has 0 saturated carbocycles. The van der Waals surface area contributed by atoms with E-state index in [1.165, 1.54) is 10.4 Å². The van der Waals surface area contributed by atoms with Gasteiger partial charge in [-0.1, -0.05) is 19.1 Å². The third kappa shape index (κ3) is 2.97. The summed E-state index contributed by atoms with van der Waals surface area (Å²) in [5.74, 6) is 1.70. The Morgan fingerprint density at radius 2 is 2.15 bits per heavy atom. The standard InChI is InChI=1S/C16H19NO2S/c1-2-7-17-14(10-13-4-3-8-20-13)12-5-6-15-16(9-12)19-11-18-15/h3-6,8-9,14,17H,2,7,10-11H2,1H3. The zero-order chi connectivity index (χ0) is 13.8. The molecule has 20 heavy (non-hydrogen) atoms. The van der Waals surface area contributed by atoms with Gasteiger partial charge in [0, 0.05) is 17.3 Å². The predicted molar refractivity (Wildman–Crippen MR) is 81.6 cm³/mol. The number of hydrogen-bond acceptors (Lipinski definition) is 4. The van der Waals surface area contributed by atoms with Crippen LogP contribution in [0.1, 0.15) is 29.8 Å². The lowest BCUT2D eigenvalue weighted by Crippen LogP contribution is -2.23. The minimum Gasteiger partial charge on any atom is -0.454 e. The highest BCUT2D eigenvalue weighted by atomic mass is 32.1. The third-order valence-corrected chi connectivity index (χ3v) is 4.32. The fraction of sp³-hybridized carbons (Fsp3) is 0.375. The fourth-order valence-corrected chi connectivity index (χ4v) is 3.14. The first-order valence-corrected chi connectivity index (χ1v) is 7.90. The molecule has 0 saturated heterocycles. The molecule has 4 heteroatoms. The molecule has 1 unspecified atom stereocenters. The van der Waals surface area contributed by atoms with Gasteiger partial charge in [0.2, 0.25) is 6.79 Å². The average molecular weight is 289 g/mol. The number of fused-ring (bicyclic) bond motifs is 1. The summed E-state index contributed by atoms with van der Waals surface area (Å²) in [5, 5.41) is 5.76. The number of benzene rings is 1. The molecule has 2 heterocycles. The van der Waals surface area contributed by atoms with Gasteiger partial charge in [0.1, 0.15) is 0 Å². The maximum atomic E-state index is 5.48. The number of nitrogens with one attached hydrogen (secondary N) is 1. The summed E-state index contributed by atoms with van der Waals surface area (Å²) in [4.78, 5) is 1.40. The molecule has 1 aromatic heterocycles. The summed E-state index contributed by atoms with van der Waals surface area (Å²) in [6, 6.07) is 10.9. The van der Waals surface area contributed by atoms with Gasteiger partial charge in [-0.25, -0.2) is 0 Å². The molecule has 1 aliphatic rings. The lowest BCUT2D eigenvalue weighted by molar-refractivity contribution is 0.174. The second-order valence-electron chi connectivity index (χ2n) is 4.90. The minimum absolute atomic E-state index is 0.322. The molecule has 1 aliphatic heterocycles. The Balaban J connectivity index is 1.80. The molecule has 3 nitrogen and oxygen atoms in total. The minimum atomic E-state index is 0.322. The van der Waals surface area contributed by atoms with Crippen LogP contribution in [-0.4, -0.2) is 13.3 Å². The average Bonchev–Trinajstić information content (AvgIpc) is 3.13. The maximum absolute atomic E-state index is 5.48. The summed E-state index contributed by atoms with van der Waals surface area (Å²) < 4.78 is 10.9. The van der Waals surface area contributed by atoms with Crippen molar-refractivity contribution in [3.63, 3.8) is 0 Å². The Kier molecular flexibility index (Phi) is 4.23. The van der Waals surface area contributed by atoms with Gasteiger partial charge in [0.05, 0.1) is 0 Å². The molecule has 106 valence electrons. The maximum Gasteiger partial charge on any atom is 0.231 e. The normalized spacial score (nSPS) is 14.4. The first-order valence-electron chi connectivity index (χ1n) is 7.02. The number of thiophene rings is 1. The molecule has 0 radical (unpaired) electrons. The number of rotatable bonds is 6. The van der Waals surface area contributed by atoms with Crippen molar-refractivity contribution in [3.05, 3.63) is 46.2 Å². The van der Waals surface area contributed by atoms with Crippen molar-refractivity contribution in [2.75, 3.05) is 13.3 Å². The Hall–Kier alpha value is -1.52. The van der Waals surface area contributed by atoms with E-state index in [9.17, 15) is 0 Å². The van der Waals surface area contributed by atoms with Crippen LogP contribution in [0, 0.1) is 0 Å². The van der Waals surface area contributed by atoms with Gasteiger partial charge >= 0.3 is 0 Å². The van der Waals surface area contributed by atoms with Crippen LogP contribution in [0.15, 0.2) is 35.7 Å². The first-order chi connectivity index (χ1) is 9.86. The van der Waals surface area contributed by atoms with Crippen LogP contribution in [0.2, 0.25) is 0 Å². The monoisotopic (exact) mass is 289 g/mol. The topological polar surface area (TPSA) is 30.5 Å². The van der Waals surface area contributed by atoms with Crippen molar-refractivity contribution in [2.45, 2.75) is 25.8 Å². The van der Waals surface area contributed by atoms with Gasteiger partial charge in [0.25, 0.3) is 0 Å². The van der Waals surface area contributed by atoms with Crippen LogP contribution in [-0.2, 0) is 6.42 Å². The fourth-order valence-electron chi connectivity index (χ4n) is 2.39. The largest absolute Gasteiger partial charge is 0.454 e. The van der Waals surface area contributed by atoms with E-state index >= 15 is 0 Å². The van der Waals surface area contributed by atoms with E-state index in [1.807, 2.05) is 17.4 Å². The highest BCUT2D eigenvalue weighted by Crippen LogP contribution is 2.35. The van der Waals surface area contributed by atoms with Crippen LogP contribution in [0.4, 0.5) is 0 Å². The molecule has 0 aliphatic carbocycles. The van der Waals surface area contributed by atoms with Gasteiger partial charge in [-0.3, -0.25) is 0 Å². The van der Waals surface area contributed by atoms with E-state index in [1.54, 1.807) is 0 Å². The zero-order valence-corrected chi connectivity index (χ0v) is 12.4. The summed E-state index contributed by atoms with van der Waals surface area (Å²) in [5.41, 5.74) is 1.26. The van der Waals surface area contributed by atoms with Gasteiger partial charge in [-0.2, -0.15) is 0 Å². The van der Waals surface area contributed by atoms with Crippen molar-refractivity contribution in [1.29, 1.82) is 0 Å². The van der Waals surface area contributed by atoms with Crippen molar-refractivity contribution in [1.82, 2.24) is 5.32 Å². The molecule has 0 bridgehead atoms. The van der Waals surface area contributed by atoms with E-state index in [4.69, 9.17) is 9.47 Å². The molecule has 1 aromatic carbocycles. The Bertz CT molecular complexity index is 554. The van der Waals surface area contributed by atoms with Crippen LogP contribution in [0.3, 0.4) is 0 Å². The molecule has 0 spiro atoms. The van der Waals surface area contributed by atoms with Crippen molar-refractivity contribution >= 4 is 11.3 Å². The van der Waals surface area contributed by atoms with Crippen LogP contribution < -0.4 is 14.8 Å². The smallest absolute Gasteiger partial charge is 0.231 e. The molecule has 3 rings (SSSR count). The second-order valence-corrected chi connectivity index (χ2v) is 5.94. The van der Waals surface area contributed by atoms with E-state index in [0.717, 1.165) is 30.9 Å². The molecule has 1 N–H and O–H groups in total. The first kappa shape index (κ1) is 13.5. The van der Waals surface area contributed by atoms with Crippen molar-refractivity contribution < 1.29 is 9.47 Å². The molecule has 0 fully saturated rings. The summed E-state index contributed by atoms with van der Waals surface area (Å²) in [7, 11) is 0.